The lowest BCUT2D eigenvalue weighted by molar-refractivity contribution is -0.136. The van der Waals surface area contributed by atoms with Gasteiger partial charge in [0.25, 0.3) is 5.91 Å². The predicted molar refractivity (Wildman–Crippen MR) is 97.1 cm³/mol. The molecule has 1 rings (SSSR count). The maximum absolute atomic E-state index is 12.6. The van der Waals surface area contributed by atoms with Crippen molar-refractivity contribution >= 4 is 17.6 Å². The van der Waals surface area contributed by atoms with Crippen LogP contribution in [0.15, 0.2) is 18.2 Å². The van der Waals surface area contributed by atoms with E-state index in [0.29, 0.717) is 24.5 Å². The number of methoxy groups -OCH3 is 1. The van der Waals surface area contributed by atoms with Crippen molar-refractivity contribution in [1.29, 1.82) is 0 Å². The second-order valence-corrected chi connectivity index (χ2v) is 5.86. The van der Waals surface area contributed by atoms with Crippen LogP contribution in [0, 0.1) is 0 Å². The predicted octanol–water partition coefficient (Wildman–Crippen LogP) is 3.80. The van der Waals surface area contributed by atoms with Crippen molar-refractivity contribution in [1.82, 2.24) is 0 Å². The summed E-state index contributed by atoms with van der Waals surface area (Å²) in [5.74, 6) is -0.301. The Morgan fingerprint density at radius 3 is 2.44 bits per heavy atom. The summed E-state index contributed by atoms with van der Waals surface area (Å²) in [6.45, 7) is 8.09. The van der Waals surface area contributed by atoms with E-state index in [1.165, 1.54) is 7.11 Å². The summed E-state index contributed by atoms with van der Waals surface area (Å²) in [5.41, 5.74) is -0.135. The number of carbonyl (C=O) groups is 2. The van der Waals surface area contributed by atoms with Gasteiger partial charge in [0.15, 0.2) is 0 Å². The third-order valence-corrected chi connectivity index (χ3v) is 3.97. The molecule has 1 amide bonds. The zero-order chi connectivity index (χ0) is 18.9. The molecule has 0 spiro atoms. The minimum atomic E-state index is -0.918. The summed E-state index contributed by atoms with van der Waals surface area (Å²) >= 11 is 0. The van der Waals surface area contributed by atoms with Crippen molar-refractivity contribution in [3.8, 4) is 5.75 Å². The maximum Gasteiger partial charge on any atom is 0.341 e. The van der Waals surface area contributed by atoms with Gasteiger partial charge in [-0.15, -0.1) is 0 Å². The Morgan fingerprint density at radius 1 is 1.16 bits per heavy atom. The lowest BCUT2D eigenvalue weighted by Crippen LogP contribution is -2.41. The number of esters is 1. The molecule has 140 valence electrons. The van der Waals surface area contributed by atoms with Crippen LogP contribution in [-0.4, -0.2) is 37.8 Å². The first kappa shape index (κ1) is 21.0. The van der Waals surface area contributed by atoms with Gasteiger partial charge in [-0.3, -0.25) is 4.79 Å². The first-order chi connectivity index (χ1) is 11.9. The Hall–Kier alpha value is -2.08. The summed E-state index contributed by atoms with van der Waals surface area (Å²) < 4.78 is 16.0. The van der Waals surface area contributed by atoms with Crippen LogP contribution in [0.3, 0.4) is 0 Å². The quantitative estimate of drug-likeness (QED) is 0.649. The molecule has 1 aromatic rings. The van der Waals surface area contributed by atoms with E-state index in [9.17, 15) is 9.59 Å². The molecule has 0 saturated heterocycles. The summed E-state index contributed by atoms with van der Waals surface area (Å²) in [7, 11) is 1.53. The number of anilines is 1. The van der Waals surface area contributed by atoms with Crippen LogP contribution in [0.2, 0.25) is 0 Å². The van der Waals surface area contributed by atoms with Crippen molar-refractivity contribution in [2.45, 2.75) is 52.6 Å². The van der Waals surface area contributed by atoms with Gasteiger partial charge in [0.05, 0.1) is 13.2 Å². The molecule has 0 unspecified atom stereocenters. The van der Waals surface area contributed by atoms with E-state index in [1.54, 1.807) is 32.0 Å². The number of ether oxygens (including phenoxy) is 3. The van der Waals surface area contributed by atoms with Crippen LogP contribution in [0.1, 0.15) is 57.3 Å². The van der Waals surface area contributed by atoms with Crippen LogP contribution < -0.4 is 10.1 Å². The molecule has 0 radical (unpaired) electrons. The van der Waals surface area contributed by atoms with Gasteiger partial charge in [0, 0.05) is 12.8 Å². The number of hydrogen-bond acceptors (Lipinski definition) is 5. The Morgan fingerprint density at radius 2 is 1.88 bits per heavy atom. The molecule has 0 fully saturated rings. The number of carbonyl (C=O) groups excluding carboxylic acids is 2. The highest BCUT2D eigenvalue weighted by Gasteiger charge is 2.32. The van der Waals surface area contributed by atoms with Gasteiger partial charge in [-0.1, -0.05) is 19.8 Å². The molecular formula is C19H29NO5. The van der Waals surface area contributed by atoms with Crippen LogP contribution in [0.25, 0.3) is 0 Å². The topological polar surface area (TPSA) is 73.9 Å². The summed E-state index contributed by atoms with van der Waals surface area (Å²) in [6.07, 6.45) is 2.48. The molecule has 25 heavy (non-hydrogen) atoms. The molecule has 1 aromatic carbocycles. The SMILES string of the molecule is CCCC[C@](C)(OC)C(=O)Nc1ccc(OCC)c(C(=O)OCC)c1. The lowest BCUT2D eigenvalue weighted by atomic mass is 9.97. The van der Waals surface area contributed by atoms with Crippen molar-refractivity contribution < 1.29 is 23.8 Å². The zero-order valence-electron chi connectivity index (χ0n) is 15.8. The normalized spacial score (nSPS) is 13.0. The molecule has 1 N–H and O–H groups in total. The highest BCUT2D eigenvalue weighted by molar-refractivity contribution is 5.99. The smallest absolute Gasteiger partial charge is 0.341 e. The minimum Gasteiger partial charge on any atom is -0.493 e. The van der Waals surface area contributed by atoms with E-state index in [1.807, 2.05) is 6.92 Å². The Bertz CT molecular complexity index is 587. The highest BCUT2D eigenvalue weighted by Crippen LogP contribution is 2.26. The molecule has 0 heterocycles. The molecule has 0 aromatic heterocycles. The second-order valence-electron chi connectivity index (χ2n) is 5.86. The molecule has 6 nitrogen and oxygen atoms in total. The maximum atomic E-state index is 12.6. The molecule has 0 aliphatic carbocycles. The summed E-state index contributed by atoms with van der Waals surface area (Å²) in [4.78, 5) is 24.7. The number of unbranched alkanes of at least 4 members (excludes halogenated alkanes) is 1. The largest absolute Gasteiger partial charge is 0.493 e. The van der Waals surface area contributed by atoms with Crippen LogP contribution in [0.5, 0.6) is 5.75 Å². The van der Waals surface area contributed by atoms with Crippen LogP contribution in [0.4, 0.5) is 5.69 Å². The average Bonchev–Trinajstić information content (AvgIpc) is 2.61. The van der Waals surface area contributed by atoms with Crippen LogP contribution >= 0.6 is 0 Å². The van der Waals surface area contributed by atoms with Crippen LogP contribution in [-0.2, 0) is 14.3 Å². The molecular weight excluding hydrogens is 322 g/mol. The first-order valence-corrected chi connectivity index (χ1v) is 8.72. The van der Waals surface area contributed by atoms with E-state index in [4.69, 9.17) is 14.2 Å². The molecule has 0 bridgehead atoms. The van der Waals surface area contributed by atoms with E-state index < -0.39 is 11.6 Å². The molecule has 0 aliphatic heterocycles. The standard InChI is InChI=1S/C19H29NO5/c1-6-9-12-19(4,23-5)18(22)20-14-10-11-16(24-7-2)15(13-14)17(21)25-8-3/h10-11,13H,6-9,12H2,1-5H3,(H,20,22)/t19-/m0/s1. The second kappa shape index (κ2) is 10.0. The summed E-state index contributed by atoms with van der Waals surface area (Å²) in [6, 6.07) is 4.92. The zero-order valence-corrected chi connectivity index (χ0v) is 15.8. The third-order valence-electron chi connectivity index (χ3n) is 3.97. The van der Waals surface area contributed by atoms with Gasteiger partial charge >= 0.3 is 5.97 Å². The first-order valence-electron chi connectivity index (χ1n) is 8.72. The fraction of sp³-hybridized carbons (Fsp3) is 0.579. The molecule has 0 saturated carbocycles. The van der Waals surface area contributed by atoms with Gasteiger partial charge in [-0.2, -0.15) is 0 Å². The number of rotatable bonds is 10. The molecule has 1 atom stereocenters. The number of nitrogens with one attached hydrogen (secondary N) is 1. The van der Waals surface area contributed by atoms with Gasteiger partial charge in [-0.25, -0.2) is 4.79 Å². The van der Waals surface area contributed by atoms with Crippen molar-refractivity contribution in [3.05, 3.63) is 23.8 Å². The minimum absolute atomic E-state index is 0.248. The van der Waals surface area contributed by atoms with E-state index >= 15 is 0 Å². The van der Waals surface area contributed by atoms with Crippen molar-refractivity contribution in [3.63, 3.8) is 0 Å². The van der Waals surface area contributed by atoms with Crippen molar-refractivity contribution in [2.75, 3.05) is 25.6 Å². The Labute approximate surface area is 149 Å². The van der Waals surface area contributed by atoms with E-state index in [2.05, 4.69) is 12.2 Å². The number of amides is 1. The summed E-state index contributed by atoms with van der Waals surface area (Å²) in [5, 5.41) is 2.82. The lowest BCUT2D eigenvalue weighted by Gasteiger charge is -2.27. The highest BCUT2D eigenvalue weighted by atomic mass is 16.5. The molecule has 0 aliphatic rings. The van der Waals surface area contributed by atoms with Crippen molar-refractivity contribution in [2.24, 2.45) is 0 Å². The Balaban J connectivity index is 3.03. The van der Waals surface area contributed by atoms with E-state index in [-0.39, 0.29) is 18.1 Å². The third kappa shape index (κ3) is 5.74. The fourth-order valence-electron chi connectivity index (χ4n) is 2.34. The number of benzene rings is 1. The van der Waals surface area contributed by atoms with Gasteiger partial charge in [-0.05, 0) is 45.4 Å². The number of hydrogen-bond donors (Lipinski definition) is 1. The van der Waals surface area contributed by atoms with Gasteiger partial charge in [0.1, 0.15) is 16.9 Å². The average molecular weight is 351 g/mol. The van der Waals surface area contributed by atoms with Gasteiger partial charge < -0.3 is 19.5 Å². The van der Waals surface area contributed by atoms with Gasteiger partial charge in [0.2, 0.25) is 0 Å². The van der Waals surface area contributed by atoms with E-state index in [0.717, 1.165) is 12.8 Å². The fourth-order valence-corrected chi connectivity index (χ4v) is 2.34. The Kier molecular flexibility index (Phi) is 8.41. The monoisotopic (exact) mass is 351 g/mol. The molecule has 6 heteroatoms.